The molecule has 2 heterocycles. The number of piperidine rings is 1. The lowest BCUT2D eigenvalue weighted by atomic mass is 9.92. The van der Waals surface area contributed by atoms with E-state index in [-0.39, 0.29) is 11.9 Å². The quantitative estimate of drug-likeness (QED) is 0.932. The van der Waals surface area contributed by atoms with E-state index in [1.54, 1.807) is 10.9 Å². The fraction of sp³-hybridized carbons (Fsp3) is 0.500. The second-order valence-corrected chi connectivity index (χ2v) is 5.97. The molecule has 0 aliphatic carbocycles. The fourth-order valence-electron chi connectivity index (χ4n) is 3.17. The van der Waals surface area contributed by atoms with Crippen LogP contribution < -0.4 is 5.73 Å². The van der Waals surface area contributed by atoms with Gasteiger partial charge in [-0.05, 0) is 24.8 Å². The maximum atomic E-state index is 12.6. The first kappa shape index (κ1) is 14.1. The molecule has 0 radical (unpaired) electrons. The van der Waals surface area contributed by atoms with Crippen molar-refractivity contribution < 1.29 is 4.79 Å². The molecule has 21 heavy (non-hydrogen) atoms. The Morgan fingerprint density at radius 2 is 2.24 bits per heavy atom. The molecule has 1 aliphatic rings. The molecule has 1 fully saturated rings. The lowest BCUT2D eigenvalue weighted by Crippen LogP contribution is -2.50. The van der Waals surface area contributed by atoms with Crippen LogP contribution in [0.1, 0.15) is 19.8 Å². The predicted octanol–water partition coefficient (Wildman–Crippen LogP) is 1.62. The average molecular weight is 286 g/mol. The van der Waals surface area contributed by atoms with Crippen LogP contribution in [0.4, 0.5) is 0 Å². The van der Waals surface area contributed by atoms with Crippen LogP contribution in [-0.4, -0.2) is 39.7 Å². The summed E-state index contributed by atoms with van der Waals surface area (Å²) >= 11 is 0. The highest BCUT2D eigenvalue weighted by molar-refractivity contribution is 5.82. The standard InChI is InChI=1S/C16H22N4O/c1-12-6-7-19(14(8-12)9-17)16(21)11-20-15-5-3-2-4-13(15)10-18-20/h2-5,10,12,14H,6-9,11,17H2,1H3. The maximum absolute atomic E-state index is 12.6. The smallest absolute Gasteiger partial charge is 0.244 e. The van der Waals surface area contributed by atoms with Gasteiger partial charge in [0.05, 0.1) is 11.7 Å². The number of hydrogen-bond donors (Lipinski definition) is 1. The predicted molar refractivity (Wildman–Crippen MR) is 82.7 cm³/mol. The SMILES string of the molecule is CC1CCN(C(=O)Cn2ncc3ccccc32)C(CN)C1. The van der Waals surface area contributed by atoms with Gasteiger partial charge in [0.2, 0.25) is 5.91 Å². The van der Waals surface area contributed by atoms with Gasteiger partial charge in [0.1, 0.15) is 6.54 Å². The van der Waals surface area contributed by atoms with E-state index in [0.29, 0.717) is 19.0 Å². The average Bonchev–Trinajstić information content (AvgIpc) is 2.90. The largest absolute Gasteiger partial charge is 0.337 e. The minimum absolute atomic E-state index is 0.117. The third kappa shape index (κ3) is 2.78. The zero-order chi connectivity index (χ0) is 14.8. The van der Waals surface area contributed by atoms with E-state index in [2.05, 4.69) is 12.0 Å². The lowest BCUT2D eigenvalue weighted by Gasteiger charge is -2.38. The van der Waals surface area contributed by atoms with Gasteiger partial charge < -0.3 is 10.6 Å². The van der Waals surface area contributed by atoms with Crippen molar-refractivity contribution in [2.75, 3.05) is 13.1 Å². The highest BCUT2D eigenvalue weighted by Gasteiger charge is 2.29. The Hall–Kier alpha value is -1.88. The molecule has 2 atom stereocenters. The Kier molecular flexibility index (Phi) is 3.92. The molecule has 5 nitrogen and oxygen atoms in total. The summed E-state index contributed by atoms with van der Waals surface area (Å²) in [6.07, 6.45) is 3.87. The summed E-state index contributed by atoms with van der Waals surface area (Å²) in [7, 11) is 0. The number of benzene rings is 1. The third-order valence-electron chi connectivity index (χ3n) is 4.41. The number of carbonyl (C=O) groups is 1. The zero-order valence-corrected chi connectivity index (χ0v) is 12.4. The van der Waals surface area contributed by atoms with Gasteiger partial charge in [-0.3, -0.25) is 9.48 Å². The number of carbonyl (C=O) groups excluding carboxylic acids is 1. The summed E-state index contributed by atoms with van der Waals surface area (Å²) in [4.78, 5) is 14.5. The van der Waals surface area contributed by atoms with Crippen LogP contribution in [0, 0.1) is 5.92 Å². The zero-order valence-electron chi connectivity index (χ0n) is 12.4. The third-order valence-corrected chi connectivity index (χ3v) is 4.41. The number of fused-ring (bicyclic) bond motifs is 1. The molecule has 0 bridgehead atoms. The highest BCUT2D eigenvalue weighted by Crippen LogP contribution is 2.22. The van der Waals surface area contributed by atoms with E-state index in [0.717, 1.165) is 30.3 Å². The van der Waals surface area contributed by atoms with Crippen LogP contribution in [-0.2, 0) is 11.3 Å². The van der Waals surface area contributed by atoms with Crippen LogP contribution in [0.25, 0.3) is 10.9 Å². The highest BCUT2D eigenvalue weighted by atomic mass is 16.2. The first-order chi connectivity index (χ1) is 10.2. The molecule has 5 heteroatoms. The summed E-state index contributed by atoms with van der Waals surface area (Å²) in [5.74, 6) is 0.763. The molecule has 2 N–H and O–H groups in total. The number of para-hydroxylation sites is 1. The van der Waals surface area contributed by atoms with Gasteiger partial charge in [0.15, 0.2) is 0 Å². The normalized spacial score (nSPS) is 22.7. The number of amides is 1. The van der Waals surface area contributed by atoms with Crippen LogP contribution in [0.2, 0.25) is 0 Å². The van der Waals surface area contributed by atoms with Crippen molar-refractivity contribution in [1.82, 2.24) is 14.7 Å². The fourth-order valence-corrected chi connectivity index (χ4v) is 3.17. The van der Waals surface area contributed by atoms with E-state index >= 15 is 0 Å². The second-order valence-electron chi connectivity index (χ2n) is 5.97. The summed E-state index contributed by atoms with van der Waals surface area (Å²) in [5, 5.41) is 5.40. The lowest BCUT2D eigenvalue weighted by molar-refractivity contribution is -0.136. The van der Waals surface area contributed by atoms with Gasteiger partial charge in [-0.25, -0.2) is 0 Å². The minimum atomic E-state index is 0.117. The minimum Gasteiger partial charge on any atom is -0.337 e. The van der Waals surface area contributed by atoms with E-state index in [1.165, 1.54) is 0 Å². The van der Waals surface area contributed by atoms with Crippen molar-refractivity contribution in [2.24, 2.45) is 11.7 Å². The van der Waals surface area contributed by atoms with E-state index < -0.39 is 0 Å². The Morgan fingerprint density at radius 1 is 1.43 bits per heavy atom. The summed E-state index contributed by atoms with van der Waals surface area (Å²) in [5.41, 5.74) is 6.84. The van der Waals surface area contributed by atoms with Gasteiger partial charge in [-0.15, -0.1) is 0 Å². The van der Waals surface area contributed by atoms with Gasteiger partial charge in [0, 0.05) is 24.5 Å². The molecular formula is C16H22N4O. The Bertz CT molecular complexity index is 636. The Balaban J connectivity index is 1.76. The topological polar surface area (TPSA) is 64.2 Å². The van der Waals surface area contributed by atoms with Crippen molar-refractivity contribution in [2.45, 2.75) is 32.4 Å². The van der Waals surface area contributed by atoms with Gasteiger partial charge in [-0.2, -0.15) is 5.10 Å². The molecule has 1 aliphatic heterocycles. The molecule has 112 valence electrons. The van der Waals surface area contributed by atoms with Gasteiger partial charge in [-0.1, -0.05) is 25.1 Å². The monoisotopic (exact) mass is 286 g/mol. The number of hydrogen-bond acceptors (Lipinski definition) is 3. The number of likely N-dealkylation sites (tertiary alicyclic amines) is 1. The molecule has 1 saturated heterocycles. The molecule has 1 amide bonds. The van der Waals surface area contributed by atoms with Gasteiger partial charge in [0.25, 0.3) is 0 Å². The number of aromatic nitrogens is 2. The molecule has 1 aromatic carbocycles. The van der Waals surface area contributed by atoms with Crippen LogP contribution in [0.5, 0.6) is 0 Å². The Labute approximate surface area is 124 Å². The molecule has 2 unspecified atom stereocenters. The first-order valence-electron chi connectivity index (χ1n) is 7.59. The summed E-state index contributed by atoms with van der Waals surface area (Å²) in [6, 6.07) is 8.12. The summed E-state index contributed by atoms with van der Waals surface area (Å²) < 4.78 is 1.78. The van der Waals surface area contributed by atoms with Crippen molar-refractivity contribution in [3.05, 3.63) is 30.5 Å². The molecular weight excluding hydrogens is 264 g/mol. The molecule has 0 spiro atoms. The van der Waals surface area contributed by atoms with Crippen LogP contribution in [0.3, 0.4) is 0 Å². The summed E-state index contributed by atoms with van der Waals surface area (Å²) in [6.45, 7) is 3.86. The molecule has 3 rings (SSSR count). The van der Waals surface area contributed by atoms with E-state index in [9.17, 15) is 4.79 Å². The van der Waals surface area contributed by atoms with E-state index in [4.69, 9.17) is 5.73 Å². The number of nitrogens with two attached hydrogens (primary N) is 1. The van der Waals surface area contributed by atoms with E-state index in [1.807, 2.05) is 29.2 Å². The van der Waals surface area contributed by atoms with Crippen molar-refractivity contribution in [1.29, 1.82) is 0 Å². The van der Waals surface area contributed by atoms with Crippen LogP contribution >= 0.6 is 0 Å². The van der Waals surface area contributed by atoms with Crippen molar-refractivity contribution >= 4 is 16.8 Å². The second kappa shape index (κ2) is 5.85. The Morgan fingerprint density at radius 3 is 3.05 bits per heavy atom. The molecule has 2 aromatic rings. The first-order valence-corrected chi connectivity index (χ1v) is 7.59. The molecule has 1 aromatic heterocycles. The number of rotatable bonds is 3. The number of nitrogens with zero attached hydrogens (tertiary/aromatic N) is 3. The van der Waals surface area contributed by atoms with Crippen molar-refractivity contribution in [3.63, 3.8) is 0 Å². The van der Waals surface area contributed by atoms with Gasteiger partial charge >= 0.3 is 0 Å². The molecule has 0 saturated carbocycles. The van der Waals surface area contributed by atoms with Crippen LogP contribution in [0.15, 0.2) is 30.5 Å². The van der Waals surface area contributed by atoms with Crippen molar-refractivity contribution in [3.8, 4) is 0 Å². The maximum Gasteiger partial charge on any atom is 0.244 e.